The predicted molar refractivity (Wildman–Crippen MR) is 107 cm³/mol. The Balaban J connectivity index is 1.83. The standard InChI is InChI=1S/C19H12Cl3N3O2/c1-10-2-5-13-14(21)7-15(22)19(18(13)24-10)27-9-17(26)25-16-6-12(20)4-3-11(16)8-23/h2-7H,9H2,1H3,(H,25,26). The highest BCUT2D eigenvalue weighted by Crippen LogP contribution is 2.37. The second-order valence-corrected chi connectivity index (χ2v) is 6.91. The molecule has 0 unspecified atom stereocenters. The third-order valence-corrected chi connectivity index (χ3v) is 4.53. The Morgan fingerprint density at radius 3 is 2.70 bits per heavy atom. The number of carbonyl (C=O) groups is 1. The summed E-state index contributed by atoms with van der Waals surface area (Å²) in [7, 11) is 0. The molecule has 2 aromatic carbocycles. The van der Waals surface area contributed by atoms with Crippen molar-refractivity contribution in [1.82, 2.24) is 4.98 Å². The second kappa shape index (κ2) is 8.01. The first kappa shape index (κ1) is 19.2. The van der Waals surface area contributed by atoms with E-state index in [9.17, 15) is 4.79 Å². The molecule has 0 bridgehead atoms. The fraction of sp³-hybridized carbons (Fsp3) is 0.105. The third kappa shape index (κ3) is 4.25. The van der Waals surface area contributed by atoms with E-state index >= 15 is 0 Å². The Morgan fingerprint density at radius 1 is 1.19 bits per heavy atom. The van der Waals surface area contributed by atoms with Crippen LogP contribution in [0.15, 0.2) is 36.4 Å². The van der Waals surface area contributed by atoms with Crippen LogP contribution in [0.2, 0.25) is 15.1 Å². The lowest BCUT2D eigenvalue weighted by atomic mass is 10.2. The number of aryl methyl sites for hydroxylation is 1. The number of nitriles is 1. The van der Waals surface area contributed by atoms with Gasteiger partial charge in [-0.1, -0.05) is 34.8 Å². The van der Waals surface area contributed by atoms with Crippen LogP contribution in [0.5, 0.6) is 5.75 Å². The molecule has 0 atom stereocenters. The summed E-state index contributed by atoms with van der Waals surface area (Å²) >= 11 is 18.3. The molecule has 0 aliphatic heterocycles. The summed E-state index contributed by atoms with van der Waals surface area (Å²) < 4.78 is 5.62. The van der Waals surface area contributed by atoms with Crippen LogP contribution in [0.4, 0.5) is 5.69 Å². The van der Waals surface area contributed by atoms with Gasteiger partial charge in [0.2, 0.25) is 0 Å². The number of ether oxygens (including phenoxy) is 1. The highest BCUT2D eigenvalue weighted by Gasteiger charge is 2.15. The summed E-state index contributed by atoms with van der Waals surface area (Å²) in [5, 5.41) is 13.5. The molecule has 0 aliphatic carbocycles. The van der Waals surface area contributed by atoms with Crippen molar-refractivity contribution in [3.8, 4) is 11.8 Å². The fourth-order valence-electron chi connectivity index (χ4n) is 2.47. The van der Waals surface area contributed by atoms with Crippen LogP contribution in [-0.2, 0) is 4.79 Å². The lowest BCUT2D eigenvalue weighted by Crippen LogP contribution is -2.21. The average Bonchev–Trinajstić information content (AvgIpc) is 2.61. The highest BCUT2D eigenvalue weighted by atomic mass is 35.5. The van der Waals surface area contributed by atoms with Crippen LogP contribution < -0.4 is 10.1 Å². The number of nitrogens with one attached hydrogen (secondary N) is 1. The van der Waals surface area contributed by atoms with Gasteiger partial charge in [-0.3, -0.25) is 4.79 Å². The van der Waals surface area contributed by atoms with Crippen molar-refractivity contribution >= 4 is 57.3 Å². The number of nitrogens with zero attached hydrogens (tertiary/aromatic N) is 2. The lowest BCUT2D eigenvalue weighted by molar-refractivity contribution is -0.118. The van der Waals surface area contributed by atoms with E-state index in [4.69, 9.17) is 44.8 Å². The minimum Gasteiger partial charge on any atom is -0.480 e. The summed E-state index contributed by atoms with van der Waals surface area (Å²) in [4.78, 5) is 16.7. The summed E-state index contributed by atoms with van der Waals surface area (Å²) in [6, 6.07) is 11.8. The molecule has 136 valence electrons. The molecule has 8 heteroatoms. The molecule has 1 amide bonds. The first-order valence-corrected chi connectivity index (χ1v) is 8.90. The average molecular weight is 421 g/mol. The Kier molecular flexibility index (Phi) is 5.71. The molecule has 0 aliphatic rings. The number of amides is 1. The molecular weight excluding hydrogens is 409 g/mol. The first-order chi connectivity index (χ1) is 12.9. The second-order valence-electron chi connectivity index (χ2n) is 5.66. The summed E-state index contributed by atoms with van der Waals surface area (Å²) in [5.74, 6) is -0.206. The molecule has 0 radical (unpaired) electrons. The van der Waals surface area contributed by atoms with E-state index in [2.05, 4.69) is 10.3 Å². The van der Waals surface area contributed by atoms with Crippen LogP contribution in [0, 0.1) is 18.3 Å². The van der Waals surface area contributed by atoms with Crippen molar-refractivity contribution in [3.05, 3.63) is 62.7 Å². The molecule has 5 nitrogen and oxygen atoms in total. The van der Waals surface area contributed by atoms with Crippen molar-refractivity contribution in [2.45, 2.75) is 6.92 Å². The van der Waals surface area contributed by atoms with E-state index in [0.717, 1.165) is 5.69 Å². The quantitative estimate of drug-likeness (QED) is 0.614. The number of aromatic nitrogens is 1. The van der Waals surface area contributed by atoms with Crippen molar-refractivity contribution in [1.29, 1.82) is 5.26 Å². The number of anilines is 1. The lowest BCUT2D eigenvalue weighted by Gasteiger charge is -2.13. The minimum atomic E-state index is -0.472. The molecule has 0 saturated carbocycles. The number of fused-ring (bicyclic) bond motifs is 1. The number of hydrogen-bond donors (Lipinski definition) is 1. The zero-order valence-corrected chi connectivity index (χ0v) is 16.3. The summed E-state index contributed by atoms with van der Waals surface area (Å²) in [6.07, 6.45) is 0. The highest BCUT2D eigenvalue weighted by molar-refractivity contribution is 6.39. The van der Waals surface area contributed by atoms with Gasteiger partial charge in [-0.15, -0.1) is 0 Å². The van der Waals surface area contributed by atoms with Crippen molar-refractivity contribution in [3.63, 3.8) is 0 Å². The molecule has 0 fully saturated rings. The van der Waals surface area contributed by atoms with E-state index in [-0.39, 0.29) is 17.4 Å². The normalized spacial score (nSPS) is 10.5. The Morgan fingerprint density at radius 2 is 1.96 bits per heavy atom. The van der Waals surface area contributed by atoms with Gasteiger partial charge in [0.1, 0.15) is 11.6 Å². The number of benzene rings is 2. The van der Waals surface area contributed by atoms with E-state index in [0.29, 0.717) is 32.2 Å². The maximum Gasteiger partial charge on any atom is 0.262 e. The van der Waals surface area contributed by atoms with Crippen LogP contribution >= 0.6 is 34.8 Å². The van der Waals surface area contributed by atoms with E-state index in [1.165, 1.54) is 12.1 Å². The Labute approximate surface area is 170 Å². The van der Waals surface area contributed by atoms with Crippen LogP contribution in [0.3, 0.4) is 0 Å². The van der Waals surface area contributed by atoms with Gasteiger partial charge in [-0.2, -0.15) is 5.26 Å². The van der Waals surface area contributed by atoms with Gasteiger partial charge in [0.05, 0.1) is 21.3 Å². The summed E-state index contributed by atoms with van der Waals surface area (Å²) in [6.45, 7) is 1.50. The number of halogens is 3. The SMILES string of the molecule is Cc1ccc2c(Cl)cc(Cl)c(OCC(=O)Nc3cc(Cl)ccc3C#N)c2n1. The number of hydrogen-bond acceptors (Lipinski definition) is 4. The molecule has 1 N–H and O–H groups in total. The number of rotatable bonds is 4. The zero-order chi connectivity index (χ0) is 19.6. The molecule has 3 aromatic rings. The predicted octanol–water partition coefficient (Wildman–Crippen LogP) is 5.39. The van der Waals surface area contributed by atoms with Gasteiger partial charge in [0.25, 0.3) is 5.91 Å². The smallest absolute Gasteiger partial charge is 0.262 e. The molecule has 0 saturated heterocycles. The van der Waals surface area contributed by atoms with Gasteiger partial charge < -0.3 is 10.1 Å². The first-order valence-electron chi connectivity index (χ1n) is 7.76. The monoisotopic (exact) mass is 419 g/mol. The van der Waals surface area contributed by atoms with Gasteiger partial charge in [-0.05, 0) is 43.3 Å². The van der Waals surface area contributed by atoms with E-state index in [1.807, 2.05) is 25.1 Å². The molecule has 27 heavy (non-hydrogen) atoms. The Bertz CT molecular complexity index is 1090. The minimum absolute atomic E-state index is 0.249. The van der Waals surface area contributed by atoms with Crippen molar-refractivity contribution in [2.24, 2.45) is 0 Å². The molecule has 1 aromatic heterocycles. The van der Waals surface area contributed by atoms with Gasteiger partial charge in [0, 0.05) is 16.1 Å². The zero-order valence-electron chi connectivity index (χ0n) is 14.0. The Hall–Kier alpha value is -2.52. The largest absolute Gasteiger partial charge is 0.480 e. The van der Waals surface area contributed by atoms with Crippen molar-refractivity contribution < 1.29 is 9.53 Å². The van der Waals surface area contributed by atoms with Crippen molar-refractivity contribution in [2.75, 3.05) is 11.9 Å². The van der Waals surface area contributed by atoms with Crippen LogP contribution in [-0.4, -0.2) is 17.5 Å². The topological polar surface area (TPSA) is 75.0 Å². The third-order valence-electron chi connectivity index (χ3n) is 3.70. The van der Waals surface area contributed by atoms with Crippen LogP contribution in [0.1, 0.15) is 11.3 Å². The maximum absolute atomic E-state index is 12.3. The van der Waals surface area contributed by atoms with E-state index in [1.54, 1.807) is 12.1 Å². The van der Waals surface area contributed by atoms with E-state index < -0.39 is 5.91 Å². The molecule has 1 heterocycles. The van der Waals surface area contributed by atoms with Crippen LogP contribution in [0.25, 0.3) is 10.9 Å². The van der Waals surface area contributed by atoms with Gasteiger partial charge in [0.15, 0.2) is 12.4 Å². The number of carbonyl (C=O) groups excluding carboxylic acids is 1. The molecule has 3 rings (SSSR count). The van der Waals surface area contributed by atoms with Gasteiger partial charge >= 0.3 is 0 Å². The maximum atomic E-state index is 12.3. The van der Waals surface area contributed by atoms with Gasteiger partial charge in [-0.25, -0.2) is 4.98 Å². The molecule has 0 spiro atoms. The number of pyridine rings is 1. The fourth-order valence-corrected chi connectivity index (χ4v) is 3.21. The molecular formula is C19H12Cl3N3O2. The summed E-state index contributed by atoms with van der Waals surface area (Å²) in [5.41, 5.74) is 1.83.